The van der Waals surface area contributed by atoms with Gasteiger partial charge in [-0.15, -0.1) is 0 Å². The van der Waals surface area contributed by atoms with Crippen LogP contribution in [0.25, 0.3) is 10.8 Å². The minimum atomic E-state index is -0.579. The summed E-state index contributed by atoms with van der Waals surface area (Å²) in [5.74, 6) is -1.16. The van der Waals surface area contributed by atoms with Crippen molar-refractivity contribution in [1.82, 2.24) is 0 Å². The molecular formula is C16H12O4. The van der Waals surface area contributed by atoms with Crippen molar-refractivity contribution in [2.75, 3.05) is 0 Å². The molecule has 0 aromatic heterocycles. The van der Waals surface area contributed by atoms with Crippen molar-refractivity contribution in [3.8, 4) is 0 Å². The topological polar surface area (TPSA) is 52.6 Å². The molecule has 2 aromatic rings. The third-order valence-electron chi connectivity index (χ3n) is 2.73. The molecule has 0 fully saturated rings. The van der Waals surface area contributed by atoms with Gasteiger partial charge in [0.25, 0.3) is 0 Å². The van der Waals surface area contributed by atoms with Crippen molar-refractivity contribution in [3.63, 3.8) is 0 Å². The van der Waals surface area contributed by atoms with Crippen LogP contribution in [-0.2, 0) is 9.47 Å². The number of rotatable bonds is 4. The highest BCUT2D eigenvalue weighted by atomic mass is 16.5. The molecule has 20 heavy (non-hydrogen) atoms. The fourth-order valence-corrected chi connectivity index (χ4v) is 1.96. The molecule has 0 bridgehead atoms. The van der Waals surface area contributed by atoms with E-state index in [4.69, 9.17) is 9.47 Å². The molecular weight excluding hydrogens is 256 g/mol. The van der Waals surface area contributed by atoms with E-state index in [0.717, 1.165) is 17.9 Å². The third-order valence-corrected chi connectivity index (χ3v) is 2.73. The molecule has 0 N–H and O–H groups in total. The Morgan fingerprint density at radius 2 is 1.30 bits per heavy atom. The van der Waals surface area contributed by atoms with Gasteiger partial charge >= 0.3 is 11.9 Å². The molecule has 0 aliphatic carbocycles. The van der Waals surface area contributed by atoms with Crippen LogP contribution < -0.4 is 0 Å². The zero-order chi connectivity index (χ0) is 14.5. The second kappa shape index (κ2) is 5.84. The molecule has 0 unspecified atom stereocenters. The number of ether oxygens (including phenoxy) is 2. The van der Waals surface area contributed by atoms with E-state index in [2.05, 4.69) is 13.2 Å². The number of carbonyl (C=O) groups excluding carboxylic acids is 2. The summed E-state index contributed by atoms with van der Waals surface area (Å²) in [6.07, 6.45) is 2.09. The monoisotopic (exact) mass is 268 g/mol. The van der Waals surface area contributed by atoms with Crippen molar-refractivity contribution < 1.29 is 19.1 Å². The highest BCUT2D eigenvalue weighted by Crippen LogP contribution is 2.24. The molecule has 0 heterocycles. The SMILES string of the molecule is C=COC(=O)c1cccc2cccc(C(=O)OC=C)c12. The second-order valence-electron chi connectivity index (χ2n) is 3.85. The van der Waals surface area contributed by atoms with E-state index in [0.29, 0.717) is 5.39 Å². The molecule has 2 aromatic carbocycles. The van der Waals surface area contributed by atoms with Crippen molar-refractivity contribution in [1.29, 1.82) is 0 Å². The Balaban J connectivity index is 2.70. The van der Waals surface area contributed by atoms with Crippen LogP contribution in [-0.4, -0.2) is 11.9 Å². The normalized spacial score (nSPS) is 9.80. The Morgan fingerprint density at radius 3 is 1.70 bits per heavy atom. The molecule has 0 saturated heterocycles. The minimum Gasteiger partial charge on any atom is -0.432 e. The van der Waals surface area contributed by atoms with E-state index in [1.54, 1.807) is 36.4 Å². The first-order valence-electron chi connectivity index (χ1n) is 5.84. The Labute approximate surface area is 115 Å². The lowest BCUT2D eigenvalue weighted by molar-refractivity contribution is 0.0664. The molecule has 0 aliphatic heterocycles. The number of benzene rings is 2. The van der Waals surface area contributed by atoms with Crippen molar-refractivity contribution in [2.24, 2.45) is 0 Å². The van der Waals surface area contributed by atoms with E-state index >= 15 is 0 Å². The number of esters is 2. The summed E-state index contributed by atoms with van der Waals surface area (Å²) in [5, 5.41) is 1.22. The average Bonchev–Trinajstić information content (AvgIpc) is 2.46. The van der Waals surface area contributed by atoms with Gasteiger partial charge in [-0.25, -0.2) is 9.59 Å². The Kier molecular flexibility index (Phi) is 3.96. The van der Waals surface area contributed by atoms with E-state index in [9.17, 15) is 9.59 Å². The van der Waals surface area contributed by atoms with Gasteiger partial charge in [-0.3, -0.25) is 0 Å². The Morgan fingerprint density at radius 1 is 0.850 bits per heavy atom. The van der Waals surface area contributed by atoms with Gasteiger partial charge < -0.3 is 9.47 Å². The number of hydrogen-bond donors (Lipinski definition) is 0. The van der Waals surface area contributed by atoms with Gasteiger partial charge in [-0.2, -0.15) is 0 Å². The van der Waals surface area contributed by atoms with Gasteiger partial charge in [-0.05, 0) is 17.5 Å². The summed E-state index contributed by atoms with van der Waals surface area (Å²) in [5.41, 5.74) is 0.554. The first kappa shape index (κ1) is 13.5. The molecule has 0 aliphatic rings. The van der Waals surface area contributed by atoms with Crippen LogP contribution in [0.1, 0.15) is 20.7 Å². The summed E-state index contributed by atoms with van der Waals surface area (Å²) in [6.45, 7) is 6.69. The molecule has 0 saturated carbocycles. The average molecular weight is 268 g/mol. The highest BCUT2D eigenvalue weighted by molar-refractivity contribution is 6.13. The maximum absolute atomic E-state index is 11.9. The fourth-order valence-electron chi connectivity index (χ4n) is 1.96. The zero-order valence-electron chi connectivity index (χ0n) is 10.7. The first-order chi connectivity index (χ1) is 9.69. The Hall–Kier alpha value is -2.88. The van der Waals surface area contributed by atoms with Crippen LogP contribution in [0, 0.1) is 0 Å². The quantitative estimate of drug-likeness (QED) is 0.629. The van der Waals surface area contributed by atoms with Crippen LogP contribution in [0.5, 0.6) is 0 Å². The molecule has 4 heteroatoms. The molecule has 0 atom stereocenters. The van der Waals surface area contributed by atoms with Crippen LogP contribution in [0.2, 0.25) is 0 Å². The molecule has 100 valence electrons. The number of fused-ring (bicyclic) bond motifs is 1. The van der Waals surface area contributed by atoms with Crippen LogP contribution in [0.4, 0.5) is 0 Å². The van der Waals surface area contributed by atoms with Crippen LogP contribution in [0.3, 0.4) is 0 Å². The van der Waals surface area contributed by atoms with E-state index in [1.165, 1.54) is 0 Å². The smallest absolute Gasteiger partial charge is 0.343 e. The zero-order valence-corrected chi connectivity index (χ0v) is 10.7. The fraction of sp³-hybridized carbons (Fsp3) is 0. The van der Waals surface area contributed by atoms with E-state index in [-0.39, 0.29) is 11.1 Å². The maximum atomic E-state index is 11.9. The van der Waals surface area contributed by atoms with Gasteiger partial charge in [0, 0.05) is 5.39 Å². The lowest BCUT2D eigenvalue weighted by atomic mass is 9.99. The van der Waals surface area contributed by atoms with Crippen LogP contribution in [0.15, 0.2) is 62.1 Å². The first-order valence-corrected chi connectivity index (χ1v) is 5.84. The molecule has 0 radical (unpaired) electrons. The van der Waals surface area contributed by atoms with Gasteiger partial charge in [0.15, 0.2) is 0 Å². The number of hydrogen-bond acceptors (Lipinski definition) is 4. The summed E-state index contributed by atoms with van der Waals surface area (Å²) >= 11 is 0. The van der Waals surface area contributed by atoms with Gasteiger partial charge in [-0.1, -0.05) is 37.4 Å². The predicted molar refractivity (Wildman–Crippen MR) is 75.2 cm³/mol. The largest absolute Gasteiger partial charge is 0.432 e. The van der Waals surface area contributed by atoms with E-state index in [1.807, 2.05) is 0 Å². The van der Waals surface area contributed by atoms with Gasteiger partial charge in [0.2, 0.25) is 0 Å². The van der Waals surface area contributed by atoms with Crippen LogP contribution >= 0.6 is 0 Å². The second-order valence-corrected chi connectivity index (χ2v) is 3.85. The minimum absolute atomic E-state index is 0.277. The highest BCUT2D eigenvalue weighted by Gasteiger charge is 2.17. The molecule has 2 rings (SSSR count). The van der Waals surface area contributed by atoms with Crippen molar-refractivity contribution >= 4 is 22.7 Å². The summed E-state index contributed by atoms with van der Waals surface area (Å²) in [6, 6.07) is 10.2. The molecule has 4 nitrogen and oxygen atoms in total. The molecule has 0 spiro atoms. The van der Waals surface area contributed by atoms with E-state index < -0.39 is 11.9 Å². The third kappa shape index (κ3) is 2.44. The van der Waals surface area contributed by atoms with Crippen molar-refractivity contribution in [3.05, 3.63) is 73.2 Å². The van der Waals surface area contributed by atoms with Gasteiger partial charge in [0.05, 0.1) is 23.7 Å². The standard InChI is InChI=1S/C16H12O4/c1-3-19-15(17)12-9-5-7-11-8-6-10-13(14(11)12)16(18)20-4-2/h3-10H,1-2H2. The lowest BCUT2D eigenvalue weighted by Crippen LogP contribution is -2.07. The maximum Gasteiger partial charge on any atom is 0.343 e. The summed E-state index contributed by atoms with van der Waals surface area (Å²) < 4.78 is 9.57. The van der Waals surface area contributed by atoms with Crippen molar-refractivity contribution in [2.45, 2.75) is 0 Å². The predicted octanol–water partition coefficient (Wildman–Crippen LogP) is 3.44. The lowest BCUT2D eigenvalue weighted by Gasteiger charge is -2.09. The Bertz CT molecular complexity index is 644. The summed E-state index contributed by atoms with van der Waals surface area (Å²) in [7, 11) is 0. The number of carbonyl (C=O) groups is 2. The molecule has 0 amide bonds. The van der Waals surface area contributed by atoms with Gasteiger partial charge in [0.1, 0.15) is 0 Å². The summed E-state index contributed by atoms with van der Waals surface area (Å²) in [4.78, 5) is 23.9.